The first-order chi connectivity index (χ1) is 8.45. The SMILES string of the molecule is CNCC(C)C(=O)NC(C)c1ccc(Cl)c(Cl)c1. The van der Waals surface area contributed by atoms with E-state index in [0.717, 1.165) is 5.56 Å². The summed E-state index contributed by atoms with van der Waals surface area (Å²) in [7, 11) is 1.83. The van der Waals surface area contributed by atoms with E-state index in [1.807, 2.05) is 27.0 Å². The topological polar surface area (TPSA) is 41.1 Å². The Kier molecular flexibility index (Phi) is 5.93. The summed E-state index contributed by atoms with van der Waals surface area (Å²) in [6, 6.07) is 5.28. The first-order valence-corrected chi connectivity index (χ1v) is 6.61. The zero-order valence-corrected chi connectivity index (χ0v) is 12.3. The van der Waals surface area contributed by atoms with Crippen LogP contribution in [0.3, 0.4) is 0 Å². The summed E-state index contributed by atoms with van der Waals surface area (Å²) in [4.78, 5) is 11.9. The van der Waals surface area contributed by atoms with Crippen molar-refractivity contribution in [1.29, 1.82) is 0 Å². The van der Waals surface area contributed by atoms with Gasteiger partial charge in [-0.1, -0.05) is 36.2 Å². The predicted molar refractivity (Wildman–Crippen MR) is 76.1 cm³/mol. The quantitative estimate of drug-likeness (QED) is 0.874. The van der Waals surface area contributed by atoms with Gasteiger partial charge < -0.3 is 10.6 Å². The molecule has 100 valence electrons. The number of rotatable bonds is 5. The van der Waals surface area contributed by atoms with Gasteiger partial charge in [0.05, 0.1) is 16.1 Å². The molecule has 0 aliphatic rings. The van der Waals surface area contributed by atoms with E-state index in [4.69, 9.17) is 23.2 Å². The first-order valence-electron chi connectivity index (χ1n) is 5.85. The molecule has 3 nitrogen and oxygen atoms in total. The van der Waals surface area contributed by atoms with E-state index in [-0.39, 0.29) is 17.9 Å². The second kappa shape index (κ2) is 6.98. The number of amides is 1. The summed E-state index contributed by atoms with van der Waals surface area (Å²) in [5.74, 6) is -0.0526. The minimum Gasteiger partial charge on any atom is -0.349 e. The predicted octanol–water partition coefficient (Wildman–Crippen LogP) is 3.03. The Labute approximate surface area is 118 Å². The van der Waals surface area contributed by atoms with Crippen LogP contribution in [-0.2, 0) is 4.79 Å². The summed E-state index contributed by atoms with van der Waals surface area (Å²) in [6.45, 7) is 4.46. The zero-order valence-electron chi connectivity index (χ0n) is 10.8. The van der Waals surface area contributed by atoms with Crippen LogP contribution in [0, 0.1) is 5.92 Å². The lowest BCUT2D eigenvalue weighted by atomic mass is 10.1. The van der Waals surface area contributed by atoms with Crippen LogP contribution in [0.4, 0.5) is 0 Å². The molecule has 0 fully saturated rings. The van der Waals surface area contributed by atoms with Crippen LogP contribution in [0.5, 0.6) is 0 Å². The van der Waals surface area contributed by atoms with Crippen LogP contribution in [0.15, 0.2) is 18.2 Å². The third-order valence-corrected chi connectivity index (χ3v) is 3.50. The molecule has 0 saturated heterocycles. The zero-order chi connectivity index (χ0) is 13.7. The highest BCUT2D eigenvalue weighted by molar-refractivity contribution is 6.42. The van der Waals surface area contributed by atoms with Gasteiger partial charge in [0.2, 0.25) is 5.91 Å². The molecule has 0 bridgehead atoms. The average Bonchev–Trinajstić information content (AvgIpc) is 2.32. The van der Waals surface area contributed by atoms with E-state index in [1.54, 1.807) is 12.1 Å². The minimum atomic E-state index is -0.0911. The average molecular weight is 289 g/mol. The number of hydrogen-bond acceptors (Lipinski definition) is 2. The summed E-state index contributed by atoms with van der Waals surface area (Å²) in [5, 5.41) is 6.94. The Morgan fingerprint density at radius 3 is 2.50 bits per heavy atom. The van der Waals surface area contributed by atoms with E-state index in [2.05, 4.69) is 10.6 Å². The minimum absolute atomic E-state index is 0.0166. The van der Waals surface area contributed by atoms with Crippen molar-refractivity contribution >= 4 is 29.1 Å². The Bertz CT molecular complexity index is 423. The highest BCUT2D eigenvalue weighted by Crippen LogP contribution is 2.25. The number of carbonyl (C=O) groups excluding carboxylic acids is 1. The van der Waals surface area contributed by atoms with Gasteiger partial charge in [0.25, 0.3) is 0 Å². The molecule has 1 aromatic carbocycles. The second-order valence-corrected chi connectivity index (χ2v) is 5.18. The van der Waals surface area contributed by atoms with Gasteiger partial charge in [0.15, 0.2) is 0 Å². The van der Waals surface area contributed by atoms with Crippen LogP contribution in [-0.4, -0.2) is 19.5 Å². The summed E-state index contributed by atoms with van der Waals surface area (Å²) >= 11 is 11.8. The molecule has 0 heterocycles. The molecule has 0 spiro atoms. The van der Waals surface area contributed by atoms with Crippen molar-refractivity contribution in [3.8, 4) is 0 Å². The number of hydrogen-bond donors (Lipinski definition) is 2. The summed E-state index contributed by atoms with van der Waals surface area (Å²) in [6.07, 6.45) is 0. The molecule has 0 saturated carbocycles. The third kappa shape index (κ3) is 4.16. The van der Waals surface area contributed by atoms with Crippen molar-refractivity contribution in [2.24, 2.45) is 5.92 Å². The molecule has 0 radical (unpaired) electrons. The Morgan fingerprint density at radius 2 is 1.94 bits per heavy atom. The largest absolute Gasteiger partial charge is 0.349 e. The third-order valence-electron chi connectivity index (χ3n) is 2.76. The van der Waals surface area contributed by atoms with Crippen molar-refractivity contribution in [2.75, 3.05) is 13.6 Å². The Hall–Kier alpha value is -0.770. The van der Waals surface area contributed by atoms with Gasteiger partial charge in [-0.3, -0.25) is 4.79 Å². The Balaban J connectivity index is 2.67. The lowest BCUT2D eigenvalue weighted by molar-refractivity contribution is -0.125. The van der Waals surface area contributed by atoms with Gasteiger partial charge in [-0.25, -0.2) is 0 Å². The van der Waals surface area contributed by atoms with Gasteiger partial charge in [0.1, 0.15) is 0 Å². The number of benzene rings is 1. The molecule has 1 rings (SSSR count). The van der Waals surface area contributed by atoms with E-state index in [0.29, 0.717) is 16.6 Å². The molecular formula is C13H18Cl2N2O. The van der Waals surface area contributed by atoms with Gasteiger partial charge in [-0.05, 0) is 31.7 Å². The van der Waals surface area contributed by atoms with Crippen molar-refractivity contribution in [3.63, 3.8) is 0 Å². The lowest BCUT2D eigenvalue weighted by Crippen LogP contribution is -2.35. The van der Waals surface area contributed by atoms with E-state index >= 15 is 0 Å². The molecule has 2 unspecified atom stereocenters. The highest BCUT2D eigenvalue weighted by atomic mass is 35.5. The van der Waals surface area contributed by atoms with Crippen molar-refractivity contribution in [3.05, 3.63) is 33.8 Å². The molecule has 5 heteroatoms. The molecule has 0 aromatic heterocycles. The molecule has 1 aromatic rings. The molecule has 2 atom stereocenters. The standard InChI is InChI=1S/C13H18Cl2N2O/c1-8(7-16-3)13(18)17-9(2)10-4-5-11(14)12(15)6-10/h4-6,8-9,16H,7H2,1-3H3,(H,17,18). The van der Waals surface area contributed by atoms with Crippen LogP contribution < -0.4 is 10.6 Å². The fourth-order valence-electron chi connectivity index (χ4n) is 1.62. The monoisotopic (exact) mass is 288 g/mol. The summed E-state index contributed by atoms with van der Waals surface area (Å²) < 4.78 is 0. The fraction of sp³-hybridized carbons (Fsp3) is 0.462. The lowest BCUT2D eigenvalue weighted by Gasteiger charge is -2.18. The molecule has 0 aliphatic carbocycles. The van der Waals surface area contributed by atoms with E-state index in [9.17, 15) is 4.79 Å². The van der Waals surface area contributed by atoms with E-state index < -0.39 is 0 Å². The number of nitrogens with one attached hydrogen (secondary N) is 2. The summed E-state index contributed by atoms with van der Waals surface area (Å²) in [5.41, 5.74) is 0.939. The normalized spacial score (nSPS) is 14.1. The van der Waals surface area contributed by atoms with Crippen molar-refractivity contribution in [1.82, 2.24) is 10.6 Å². The smallest absolute Gasteiger partial charge is 0.224 e. The van der Waals surface area contributed by atoms with Crippen LogP contribution in [0.2, 0.25) is 10.0 Å². The van der Waals surface area contributed by atoms with Crippen LogP contribution in [0.1, 0.15) is 25.5 Å². The van der Waals surface area contributed by atoms with Gasteiger partial charge >= 0.3 is 0 Å². The van der Waals surface area contributed by atoms with Crippen molar-refractivity contribution in [2.45, 2.75) is 19.9 Å². The fourth-order valence-corrected chi connectivity index (χ4v) is 1.93. The van der Waals surface area contributed by atoms with Crippen LogP contribution >= 0.6 is 23.2 Å². The molecule has 0 aliphatic heterocycles. The van der Waals surface area contributed by atoms with Crippen LogP contribution in [0.25, 0.3) is 0 Å². The van der Waals surface area contributed by atoms with Crippen molar-refractivity contribution < 1.29 is 4.79 Å². The first kappa shape index (κ1) is 15.3. The van der Waals surface area contributed by atoms with E-state index in [1.165, 1.54) is 0 Å². The maximum atomic E-state index is 11.9. The molecule has 1 amide bonds. The maximum absolute atomic E-state index is 11.9. The van der Waals surface area contributed by atoms with Gasteiger partial charge in [-0.15, -0.1) is 0 Å². The molecule has 18 heavy (non-hydrogen) atoms. The molecule has 2 N–H and O–H groups in total. The number of carbonyl (C=O) groups is 1. The Morgan fingerprint density at radius 1 is 1.28 bits per heavy atom. The second-order valence-electron chi connectivity index (χ2n) is 4.36. The maximum Gasteiger partial charge on any atom is 0.224 e. The van der Waals surface area contributed by atoms with Gasteiger partial charge in [0, 0.05) is 12.5 Å². The highest BCUT2D eigenvalue weighted by Gasteiger charge is 2.15. The van der Waals surface area contributed by atoms with Gasteiger partial charge in [-0.2, -0.15) is 0 Å². The number of halogens is 2. The molecular weight excluding hydrogens is 271 g/mol.